The van der Waals surface area contributed by atoms with E-state index in [1.54, 1.807) is 12.4 Å². The number of hydrogen-bond donors (Lipinski definition) is 0. The molecule has 23 heavy (non-hydrogen) atoms. The Morgan fingerprint density at radius 1 is 1.17 bits per heavy atom. The molecule has 116 valence electrons. The number of Topliss-reactive ketones (excluding diaryl/α,β-unsaturated/α-hetero) is 1. The van der Waals surface area contributed by atoms with E-state index >= 15 is 0 Å². The van der Waals surface area contributed by atoms with E-state index in [-0.39, 0.29) is 11.7 Å². The molecule has 1 aromatic carbocycles. The van der Waals surface area contributed by atoms with Crippen molar-refractivity contribution < 1.29 is 4.79 Å². The fraction of sp³-hybridized carbons (Fsp3) is 0.211. The number of rotatable bonds is 5. The molecule has 0 unspecified atom stereocenters. The summed E-state index contributed by atoms with van der Waals surface area (Å²) in [5.41, 5.74) is 2.58. The third-order valence-corrected chi connectivity index (χ3v) is 4.62. The number of carbonyl (C=O) groups excluding carboxylic acids is 1. The maximum absolute atomic E-state index is 12.4. The molecule has 0 radical (unpaired) electrons. The van der Waals surface area contributed by atoms with Gasteiger partial charge >= 0.3 is 0 Å². The van der Waals surface area contributed by atoms with Gasteiger partial charge in [0.2, 0.25) is 0 Å². The lowest BCUT2D eigenvalue weighted by Crippen LogP contribution is -2.04. The van der Waals surface area contributed by atoms with Crippen LogP contribution in [0.4, 0.5) is 0 Å². The molecule has 0 N–H and O–H groups in total. The van der Waals surface area contributed by atoms with Crippen LogP contribution < -0.4 is 0 Å². The topological polar surface area (TPSA) is 42.9 Å². The van der Waals surface area contributed by atoms with Crippen molar-refractivity contribution in [3.63, 3.8) is 0 Å². The maximum Gasteiger partial charge on any atom is 0.164 e. The molecule has 2 heterocycles. The molecular weight excluding hydrogens is 352 g/mol. The number of fused-ring (bicyclic) bond motifs is 1. The summed E-state index contributed by atoms with van der Waals surface area (Å²) in [6.45, 7) is 2.10. The Hall–Kier alpha value is -2.07. The Balaban J connectivity index is 1.71. The average molecular weight is 369 g/mol. The van der Waals surface area contributed by atoms with Crippen LogP contribution in [0.5, 0.6) is 0 Å². The van der Waals surface area contributed by atoms with Gasteiger partial charge in [0.15, 0.2) is 5.78 Å². The molecule has 0 saturated heterocycles. The van der Waals surface area contributed by atoms with E-state index in [2.05, 4.69) is 32.8 Å². The summed E-state index contributed by atoms with van der Waals surface area (Å²) < 4.78 is 0.942. The average Bonchev–Trinajstić information content (AvgIpc) is 2.60. The molecule has 0 aliphatic heterocycles. The van der Waals surface area contributed by atoms with E-state index in [1.165, 1.54) is 0 Å². The van der Waals surface area contributed by atoms with Crippen LogP contribution in [-0.2, 0) is 0 Å². The Morgan fingerprint density at radius 2 is 2.04 bits per heavy atom. The highest BCUT2D eigenvalue weighted by Gasteiger charge is 2.12. The Bertz CT molecular complexity index is 833. The van der Waals surface area contributed by atoms with Gasteiger partial charge in [-0.2, -0.15) is 0 Å². The number of ketones is 1. The molecule has 0 amide bonds. The molecule has 3 aromatic rings. The lowest BCUT2D eigenvalue weighted by Gasteiger charge is -2.10. The van der Waals surface area contributed by atoms with Gasteiger partial charge in [-0.1, -0.05) is 25.1 Å². The van der Waals surface area contributed by atoms with E-state index < -0.39 is 0 Å². The van der Waals surface area contributed by atoms with Crippen LogP contribution in [0.3, 0.4) is 0 Å². The van der Waals surface area contributed by atoms with Crippen molar-refractivity contribution in [2.75, 3.05) is 0 Å². The highest BCUT2D eigenvalue weighted by atomic mass is 79.9. The van der Waals surface area contributed by atoms with Crippen molar-refractivity contribution in [2.24, 2.45) is 0 Å². The molecule has 0 spiro atoms. The number of aromatic nitrogens is 2. The molecule has 0 fully saturated rings. The monoisotopic (exact) mass is 368 g/mol. The largest absolute Gasteiger partial charge is 0.294 e. The summed E-state index contributed by atoms with van der Waals surface area (Å²) in [6.07, 6.45) is 4.74. The molecule has 0 aliphatic rings. The normalized spacial score (nSPS) is 12.3. The first-order chi connectivity index (χ1) is 11.1. The fourth-order valence-electron chi connectivity index (χ4n) is 2.58. The Kier molecular flexibility index (Phi) is 4.82. The number of hydrogen-bond acceptors (Lipinski definition) is 3. The van der Waals surface area contributed by atoms with Gasteiger partial charge in [-0.05, 0) is 52.5 Å². The van der Waals surface area contributed by atoms with Crippen LogP contribution in [0.1, 0.15) is 41.7 Å². The van der Waals surface area contributed by atoms with Crippen LogP contribution in [0.15, 0.2) is 59.3 Å². The summed E-state index contributed by atoms with van der Waals surface area (Å²) in [6, 6.07) is 13.7. The predicted molar refractivity (Wildman–Crippen MR) is 95.7 cm³/mol. The maximum atomic E-state index is 12.4. The first kappa shape index (κ1) is 15.8. The molecule has 2 aromatic heterocycles. The quantitative estimate of drug-likeness (QED) is 0.584. The van der Waals surface area contributed by atoms with Gasteiger partial charge in [0, 0.05) is 39.9 Å². The smallest absolute Gasteiger partial charge is 0.164 e. The molecule has 0 saturated carbocycles. The lowest BCUT2D eigenvalue weighted by molar-refractivity contribution is 0.0977. The number of benzene rings is 1. The van der Waals surface area contributed by atoms with E-state index in [1.807, 2.05) is 42.5 Å². The molecular formula is C19H17BrN2O. The second-order valence-corrected chi connectivity index (χ2v) is 6.51. The van der Waals surface area contributed by atoms with E-state index in [9.17, 15) is 4.79 Å². The minimum atomic E-state index is 0.127. The van der Waals surface area contributed by atoms with Crippen LogP contribution in [-0.4, -0.2) is 15.8 Å². The SMILES string of the molecule is C[C@H](CCC(=O)c1cnc2c(Br)cccc2c1)c1ccccn1. The zero-order valence-electron chi connectivity index (χ0n) is 12.9. The molecule has 1 atom stereocenters. The van der Waals surface area contributed by atoms with Gasteiger partial charge in [-0.3, -0.25) is 14.8 Å². The molecule has 0 bridgehead atoms. The number of carbonyl (C=O) groups is 1. The summed E-state index contributed by atoms with van der Waals surface area (Å²) in [5.74, 6) is 0.393. The molecule has 3 rings (SSSR count). The first-order valence-corrected chi connectivity index (χ1v) is 8.43. The highest BCUT2D eigenvalue weighted by molar-refractivity contribution is 9.10. The van der Waals surface area contributed by atoms with E-state index in [0.717, 1.165) is 27.5 Å². The van der Waals surface area contributed by atoms with Gasteiger partial charge < -0.3 is 0 Å². The van der Waals surface area contributed by atoms with Crippen LogP contribution in [0, 0.1) is 0 Å². The lowest BCUT2D eigenvalue weighted by atomic mass is 9.97. The summed E-state index contributed by atoms with van der Waals surface area (Å²) in [4.78, 5) is 21.2. The standard InChI is InChI=1S/C19H17BrN2O/c1-13(17-7-2-3-10-21-17)8-9-18(23)15-11-14-5-4-6-16(20)19(14)22-12-15/h2-7,10-13H,8-9H2,1H3/t13-/m1/s1. The predicted octanol–water partition coefficient (Wildman–Crippen LogP) is 5.16. The van der Waals surface area contributed by atoms with Crippen molar-refractivity contribution in [3.8, 4) is 0 Å². The Labute approximate surface area is 143 Å². The van der Waals surface area contributed by atoms with Gasteiger partial charge in [0.05, 0.1) is 5.52 Å². The molecule has 0 aliphatic carbocycles. The van der Waals surface area contributed by atoms with Crippen molar-refractivity contribution in [2.45, 2.75) is 25.7 Å². The van der Waals surface area contributed by atoms with Gasteiger partial charge in [-0.25, -0.2) is 0 Å². The summed E-state index contributed by atoms with van der Waals surface area (Å²) in [5, 5.41) is 0.975. The first-order valence-electron chi connectivity index (χ1n) is 7.63. The van der Waals surface area contributed by atoms with Gasteiger partial charge in [-0.15, -0.1) is 0 Å². The van der Waals surface area contributed by atoms with Crippen molar-refractivity contribution in [1.29, 1.82) is 0 Å². The highest BCUT2D eigenvalue weighted by Crippen LogP contribution is 2.24. The summed E-state index contributed by atoms with van der Waals surface area (Å²) >= 11 is 3.48. The zero-order valence-corrected chi connectivity index (χ0v) is 14.5. The zero-order chi connectivity index (χ0) is 16.2. The Morgan fingerprint density at radius 3 is 2.83 bits per heavy atom. The number of nitrogens with zero attached hydrogens (tertiary/aromatic N) is 2. The third-order valence-electron chi connectivity index (χ3n) is 3.98. The van der Waals surface area contributed by atoms with Crippen LogP contribution in [0.25, 0.3) is 10.9 Å². The minimum Gasteiger partial charge on any atom is -0.294 e. The van der Waals surface area contributed by atoms with Gasteiger partial charge in [0.25, 0.3) is 0 Å². The molecule has 4 heteroatoms. The summed E-state index contributed by atoms with van der Waals surface area (Å²) in [7, 11) is 0. The van der Waals surface area contributed by atoms with Crippen LogP contribution >= 0.6 is 15.9 Å². The number of pyridine rings is 2. The second-order valence-electron chi connectivity index (χ2n) is 5.65. The fourth-order valence-corrected chi connectivity index (χ4v) is 3.07. The van der Waals surface area contributed by atoms with Gasteiger partial charge in [0.1, 0.15) is 0 Å². The van der Waals surface area contributed by atoms with Crippen molar-refractivity contribution in [1.82, 2.24) is 9.97 Å². The number of halogens is 1. The minimum absolute atomic E-state index is 0.127. The van der Waals surface area contributed by atoms with Crippen molar-refractivity contribution in [3.05, 3.63) is 70.6 Å². The van der Waals surface area contributed by atoms with Crippen molar-refractivity contribution >= 4 is 32.6 Å². The number of para-hydroxylation sites is 1. The second kappa shape index (κ2) is 7.01. The van der Waals surface area contributed by atoms with E-state index in [4.69, 9.17) is 0 Å². The third kappa shape index (κ3) is 3.64. The van der Waals surface area contributed by atoms with Crippen LogP contribution in [0.2, 0.25) is 0 Å². The van der Waals surface area contributed by atoms with E-state index in [0.29, 0.717) is 12.0 Å². The molecule has 3 nitrogen and oxygen atoms in total.